The fourth-order valence-corrected chi connectivity index (χ4v) is 3.13. The average Bonchev–Trinajstić information content (AvgIpc) is 2.44. The van der Waals surface area contributed by atoms with Gasteiger partial charge in [-0.15, -0.1) is 0 Å². The minimum Gasteiger partial charge on any atom is -0.481 e. The maximum absolute atomic E-state index is 5.22. The van der Waals surface area contributed by atoms with Crippen molar-refractivity contribution in [1.82, 2.24) is 4.98 Å². The zero-order chi connectivity index (χ0) is 15.2. The number of nitrogens with zero attached hydrogens (tertiary/aromatic N) is 2. The number of pyridine rings is 1. The lowest BCUT2D eigenvalue weighted by Crippen LogP contribution is -2.53. The molecule has 0 aliphatic rings. The van der Waals surface area contributed by atoms with Gasteiger partial charge in [-0.3, -0.25) is 0 Å². The molecule has 3 nitrogen and oxygen atoms in total. The van der Waals surface area contributed by atoms with Crippen molar-refractivity contribution in [2.75, 3.05) is 33.3 Å². The zero-order valence-corrected chi connectivity index (χ0v) is 14.1. The third-order valence-corrected chi connectivity index (χ3v) is 4.43. The summed E-state index contributed by atoms with van der Waals surface area (Å²) in [4.78, 5) is 4.55. The maximum atomic E-state index is 5.22. The summed E-state index contributed by atoms with van der Waals surface area (Å²) in [6, 6.07) is 6.03. The molecule has 1 aromatic heterocycles. The van der Waals surface area contributed by atoms with Gasteiger partial charge in [0.25, 0.3) is 0 Å². The van der Waals surface area contributed by atoms with Crippen LogP contribution in [0.2, 0.25) is 0 Å². The summed E-state index contributed by atoms with van der Waals surface area (Å²) >= 11 is 0. The normalized spacial score (nSPS) is 12.5. The molecule has 0 aliphatic heterocycles. The quantitative estimate of drug-likeness (QED) is 0.679. The van der Waals surface area contributed by atoms with Crippen LogP contribution in [-0.4, -0.2) is 42.8 Å². The second kappa shape index (κ2) is 7.07. The number of hydrogen-bond donors (Lipinski definition) is 0. The van der Waals surface area contributed by atoms with Crippen LogP contribution in [0, 0.1) is 5.41 Å². The van der Waals surface area contributed by atoms with Crippen LogP contribution < -0.4 is 4.74 Å². The second-order valence-electron chi connectivity index (χ2n) is 6.46. The van der Waals surface area contributed by atoms with E-state index in [1.165, 1.54) is 30.7 Å². The third-order valence-electron chi connectivity index (χ3n) is 4.43. The maximum Gasteiger partial charge on any atom is 0.213 e. The van der Waals surface area contributed by atoms with E-state index in [2.05, 4.69) is 45.7 Å². The number of ether oxygens (including phenoxy) is 1. The Bertz CT molecular complexity index is 403. The highest BCUT2D eigenvalue weighted by molar-refractivity contribution is 5.16. The van der Waals surface area contributed by atoms with Gasteiger partial charge >= 0.3 is 0 Å². The summed E-state index contributed by atoms with van der Waals surface area (Å²) in [5.74, 6) is 0.709. The first-order chi connectivity index (χ1) is 9.40. The molecule has 0 atom stereocenters. The minimum atomic E-state index is 0.237. The lowest BCUT2D eigenvalue weighted by Gasteiger charge is -2.41. The Morgan fingerprint density at radius 1 is 1.10 bits per heavy atom. The highest BCUT2D eigenvalue weighted by atomic mass is 16.5. The first kappa shape index (κ1) is 17.0. The molecule has 0 fully saturated rings. The molecule has 0 N–H and O–H groups in total. The van der Waals surface area contributed by atoms with Crippen LogP contribution in [0.3, 0.4) is 0 Å². The zero-order valence-electron chi connectivity index (χ0n) is 14.1. The van der Waals surface area contributed by atoms with Crippen molar-refractivity contribution >= 4 is 0 Å². The van der Waals surface area contributed by atoms with Crippen LogP contribution in [-0.2, 0) is 6.42 Å². The topological polar surface area (TPSA) is 22.1 Å². The summed E-state index contributed by atoms with van der Waals surface area (Å²) in [6.45, 7) is 16.4. The smallest absolute Gasteiger partial charge is 0.213 e. The molecule has 0 radical (unpaired) electrons. The van der Waals surface area contributed by atoms with E-state index in [-0.39, 0.29) is 5.41 Å². The Hall–Kier alpha value is -1.09. The molecular formula is C17H31N2O+. The van der Waals surface area contributed by atoms with Gasteiger partial charge in [-0.05, 0) is 26.8 Å². The Balaban J connectivity index is 2.82. The number of quaternary nitrogens is 1. The Morgan fingerprint density at radius 3 is 2.20 bits per heavy atom. The van der Waals surface area contributed by atoms with E-state index in [1.807, 2.05) is 12.1 Å². The van der Waals surface area contributed by atoms with Gasteiger partial charge in [0.2, 0.25) is 5.88 Å². The van der Waals surface area contributed by atoms with Crippen molar-refractivity contribution in [2.45, 2.75) is 41.0 Å². The first-order valence-corrected chi connectivity index (χ1v) is 7.75. The highest BCUT2D eigenvalue weighted by Gasteiger charge is 2.32. The van der Waals surface area contributed by atoms with E-state index < -0.39 is 0 Å². The second-order valence-corrected chi connectivity index (χ2v) is 6.46. The van der Waals surface area contributed by atoms with Gasteiger partial charge < -0.3 is 9.22 Å². The SMILES string of the molecule is CC[N+](CC)(CC)CC(C)(C)Cc1cccc(OC)n1. The van der Waals surface area contributed by atoms with Crippen molar-refractivity contribution in [3.8, 4) is 5.88 Å². The van der Waals surface area contributed by atoms with Crippen LogP contribution >= 0.6 is 0 Å². The molecule has 1 aromatic rings. The van der Waals surface area contributed by atoms with Gasteiger partial charge in [-0.1, -0.05) is 19.9 Å². The Labute approximate surface area is 124 Å². The summed E-state index contributed by atoms with van der Waals surface area (Å²) in [7, 11) is 1.67. The van der Waals surface area contributed by atoms with E-state index in [4.69, 9.17) is 4.74 Å². The van der Waals surface area contributed by atoms with Crippen molar-refractivity contribution in [2.24, 2.45) is 5.41 Å². The molecule has 1 heterocycles. The lowest BCUT2D eigenvalue weighted by molar-refractivity contribution is -0.929. The Morgan fingerprint density at radius 2 is 1.70 bits per heavy atom. The van der Waals surface area contributed by atoms with Crippen LogP contribution in [0.25, 0.3) is 0 Å². The molecule has 0 spiro atoms. The number of methoxy groups -OCH3 is 1. The van der Waals surface area contributed by atoms with Crippen LogP contribution in [0.4, 0.5) is 0 Å². The van der Waals surface area contributed by atoms with Gasteiger partial charge in [0.05, 0.1) is 33.3 Å². The first-order valence-electron chi connectivity index (χ1n) is 7.75. The third kappa shape index (κ3) is 4.48. The minimum absolute atomic E-state index is 0.237. The van der Waals surface area contributed by atoms with E-state index in [0.29, 0.717) is 5.88 Å². The highest BCUT2D eigenvalue weighted by Crippen LogP contribution is 2.26. The van der Waals surface area contributed by atoms with Crippen molar-refractivity contribution in [3.05, 3.63) is 23.9 Å². The molecule has 0 aromatic carbocycles. The van der Waals surface area contributed by atoms with Gasteiger partial charge in [-0.25, -0.2) is 4.98 Å². The van der Waals surface area contributed by atoms with Gasteiger partial charge in [0.15, 0.2) is 0 Å². The molecule has 0 saturated carbocycles. The van der Waals surface area contributed by atoms with E-state index in [1.54, 1.807) is 7.11 Å². The molecule has 0 unspecified atom stereocenters. The molecule has 0 saturated heterocycles. The van der Waals surface area contributed by atoms with E-state index in [0.717, 1.165) is 12.1 Å². The number of hydrogen-bond acceptors (Lipinski definition) is 2. The van der Waals surface area contributed by atoms with Crippen molar-refractivity contribution in [1.29, 1.82) is 0 Å². The largest absolute Gasteiger partial charge is 0.481 e. The summed E-state index contributed by atoms with van der Waals surface area (Å²) in [5.41, 5.74) is 1.36. The molecule has 0 aliphatic carbocycles. The monoisotopic (exact) mass is 279 g/mol. The molecule has 3 heteroatoms. The molecule has 0 bridgehead atoms. The summed E-state index contributed by atoms with van der Waals surface area (Å²) < 4.78 is 6.40. The number of aromatic nitrogens is 1. The summed E-state index contributed by atoms with van der Waals surface area (Å²) in [5, 5.41) is 0. The molecule has 1 rings (SSSR count). The van der Waals surface area contributed by atoms with E-state index >= 15 is 0 Å². The van der Waals surface area contributed by atoms with Crippen LogP contribution in [0.15, 0.2) is 18.2 Å². The predicted octanol–water partition coefficient (Wildman–Crippen LogP) is 3.54. The molecule has 0 amide bonds. The predicted molar refractivity (Wildman–Crippen MR) is 85.0 cm³/mol. The summed E-state index contributed by atoms with van der Waals surface area (Å²) in [6.07, 6.45) is 0.990. The van der Waals surface area contributed by atoms with Crippen LogP contribution in [0.5, 0.6) is 5.88 Å². The molecule has 20 heavy (non-hydrogen) atoms. The fourth-order valence-electron chi connectivity index (χ4n) is 3.13. The van der Waals surface area contributed by atoms with E-state index in [9.17, 15) is 0 Å². The molecule has 114 valence electrons. The Kier molecular flexibility index (Phi) is 6.00. The molecular weight excluding hydrogens is 248 g/mol. The van der Waals surface area contributed by atoms with Crippen molar-refractivity contribution in [3.63, 3.8) is 0 Å². The van der Waals surface area contributed by atoms with Crippen molar-refractivity contribution < 1.29 is 9.22 Å². The number of rotatable bonds is 8. The lowest BCUT2D eigenvalue weighted by atomic mass is 9.86. The van der Waals surface area contributed by atoms with Gasteiger partial charge in [0, 0.05) is 23.6 Å². The fraction of sp³-hybridized carbons (Fsp3) is 0.706. The van der Waals surface area contributed by atoms with Gasteiger partial charge in [-0.2, -0.15) is 0 Å². The average molecular weight is 279 g/mol. The standard InChI is InChI=1S/C17H31N2O/c1-7-19(8-2,9-3)14-17(4,5)13-15-11-10-12-16(18-15)20-6/h10-12H,7-9,13-14H2,1-6H3/q+1. The van der Waals surface area contributed by atoms with Gasteiger partial charge in [0.1, 0.15) is 0 Å². The van der Waals surface area contributed by atoms with Crippen LogP contribution in [0.1, 0.15) is 40.3 Å².